The molecule has 0 saturated heterocycles. The number of benzene rings is 1. The van der Waals surface area contributed by atoms with Gasteiger partial charge in [0.15, 0.2) is 8.32 Å². The van der Waals surface area contributed by atoms with E-state index in [1.54, 1.807) is 0 Å². The molecule has 2 N–H and O–H groups in total. The maximum atomic E-state index is 10.8. The lowest BCUT2D eigenvalue weighted by molar-refractivity contribution is -0.119. The van der Waals surface area contributed by atoms with Crippen LogP contribution in [0, 0.1) is 5.41 Å². The van der Waals surface area contributed by atoms with Gasteiger partial charge in [-0.05, 0) is 23.7 Å². The molecule has 0 fully saturated rings. The quantitative estimate of drug-likeness (QED) is 0.648. The van der Waals surface area contributed by atoms with Crippen molar-refractivity contribution in [3.05, 3.63) is 35.9 Å². The topological polar surface area (TPSA) is 58.9 Å². The van der Waals surface area contributed by atoms with Gasteiger partial charge in [-0.15, -0.1) is 0 Å². The molecule has 0 saturated carbocycles. The molecule has 1 aromatic carbocycles. The van der Waals surface area contributed by atoms with Gasteiger partial charge in [-0.2, -0.15) is 0 Å². The van der Waals surface area contributed by atoms with Gasteiger partial charge in [0.2, 0.25) is 0 Å². The van der Waals surface area contributed by atoms with Crippen LogP contribution in [0.4, 0.5) is 0 Å². The van der Waals surface area contributed by atoms with Crippen LogP contribution in [-0.4, -0.2) is 44.0 Å². The van der Waals surface area contributed by atoms with E-state index >= 15 is 0 Å². The SMILES string of the molecule is CC(C)(CO)[C@@H](O)[C@H](CO[Si](C)(C)C(C)(C)C)OCc1ccccc1. The van der Waals surface area contributed by atoms with Gasteiger partial charge in [0, 0.05) is 5.41 Å². The first-order chi connectivity index (χ1) is 11.4. The van der Waals surface area contributed by atoms with Crippen molar-refractivity contribution in [2.24, 2.45) is 5.41 Å². The van der Waals surface area contributed by atoms with Crippen LogP contribution in [0.5, 0.6) is 0 Å². The summed E-state index contributed by atoms with van der Waals surface area (Å²) >= 11 is 0. The molecule has 1 aromatic rings. The minimum Gasteiger partial charge on any atom is -0.414 e. The Morgan fingerprint density at radius 3 is 2.08 bits per heavy atom. The normalized spacial score (nSPS) is 15.9. The highest BCUT2D eigenvalue weighted by atomic mass is 28.4. The zero-order valence-electron chi connectivity index (χ0n) is 16.9. The Hall–Kier alpha value is -0.723. The van der Waals surface area contributed by atoms with Crippen molar-refractivity contribution in [3.63, 3.8) is 0 Å². The molecular weight excluding hydrogens is 332 g/mol. The van der Waals surface area contributed by atoms with E-state index in [-0.39, 0.29) is 11.6 Å². The average molecular weight is 369 g/mol. The predicted octanol–water partition coefficient (Wildman–Crippen LogP) is 3.97. The van der Waals surface area contributed by atoms with Crippen molar-refractivity contribution in [1.82, 2.24) is 0 Å². The molecule has 0 bridgehead atoms. The van der Waals surface area contributed by atoms with Gasteiger partial charge in [0.1, 0.15) is 6.10 Å². The minimum atomic E-state index is -1.94. The lowest BCUT2D eigenvalue weighted by Crippen LogP contribution is -2.49. The molecule has 0 aliphatic carbocycles. The number of rotatable bonds is 9. The van der Waals surface area contributed by atoms with Crippen LogP contribution in [0.15, 0.2) is 30.3 Å². The fraction of sp³-hybridized carbons (Fsp3) is 0.700. The summed E-state index contributed by atoms with van der Waals surface area (Å²) in [7, 11) is -1.94. The molecular formula is C20H36O4Si. The molecule has 0 amide bonds. The highest BCUT2D eigenvalue weighted by Crippen LogP contribution is 2.37. The van der Waals surface area contributed by atoms with Gasteiger partial charge in [0.25, 0.3) is 0 Å². The molecule has 0 unspecified atom stereocenters. The summed E-state index contributed by atoms with van der Waals surface area (Å²) in [5.41, 5.74) is 0.395. The Morgan fingerprint density at radius 1 is 1.04 bits per heavy atom. The summed E-state index contributed by atoms with van der Waals surface area (Å²) in [5, 5.41) is 20.5. The molecule has 2 atom stereocenters. The fourth-order valence-corrected chi connectivity index (χ4v) is 3.13. The van der Waals surface area contributed by atoms with E-state index < -0.39 is 25.9 Å². The number of hydrogen-bond donors (Lipinski definition) is 2. The Labute approximate surface area is 154 Å². The van der Waals surface area contributed by atoms with Crippen LogP contribution in [0.3, 0.4) is 0 Å². The van der Waals surface area contributed by atoms with Gasteiger partial charge < -0.3 is 19.4 Å². The molecule has 25 heavy (non-hydrogen) atoms. The predicted molar refractivity (Wildman–Crippen MR) is 105 cm³/mol. The summed E-state index contributed by atoms with van der Waals surface area (Å²) in [5.74, 6) is 0. The smallest absolute Gasteiger partial charge is 0.192 e. The third-order valence-electron chi connectivity index (χ3n) is 5.28. The van der Waals surface area contributed by atoms with Gasteiger partial charge in [-0.1, -0.05) is 65.0 Å². The molecule has 0 aromatic heterocycles. The van der Waals surface area contributed by atoms with Crippen LogP contribution < -0.4 is 0 Å². The van der Waals surface area contributed by atoms with Gasteiger partial charge in [0.05, 0.1) is 25.9 Å². The van der Waals surface area contributed by atoms with Crippen LogP contribution in [0.25, 0.3) is 0 Å². The van der Waals surface area contributed by atoms with Crippen molar-refractivity contribution in [1.29, 1.82) is 0 Å². The lowest BCUT2D eigenvalue weighted by Gasteiger charge is -2.40. The van der Waals surface area contributed by atoms with Crippen LogP contribution >= 0.6 is 0 Å². The van der Waals surface area contributed by atoms with E-state index in [0.717, 1.165) is 5.56 Å². The molecule has 0 aliphatic heterocycles. The first-order valence-electron chi connectivity index (χ1n) is 8.99. The standard InChI is InChI=1S/C20H36O4Si/c1-19(2,3)25(6,7)24-14-17(18(22)20(4,5)15-21)23-13-16-11-9-8-10-12-16/h8-12,17-18,21-22H,13-15H2,1-7H3/t17-,18-/m0/s1. The van der Waals surface area contributed by atoms with Crippen molar-refractivity contribution in [2.75, 3.05) is 13.2 Å². The van der Waals surface area contributed by atoms with Gasteiger partial charge >= 0.3 is 0 Å². The summed E-state index contributed by atoms with van der Waals surface area (Å²) in [6.07, 6.45) is -1.30. The Morgan fingerprint density at radius 2 is 1.60 bits per heavy atom. The monoisotopic (exact) mass is 368 g/mol. The fourth-order valence-electron chi connectivity index (χ4n) is 2.11. The van der Waals surface area contributed by atoms with Crippen molar-refractivity contribution in [3.8, 4) is 0 Å². The van der Waals surface area contributed by atoms with Crippen LogP contribution in [0.1, 0.15) is 40.2 Å². The van der Waals surface area contributed by atoms with Crippen LogP contribution in [0.2, 0.25) is 18.1 Å². The summed E-state index contributed by atoms with van der Waals surface area (Å²) < 4.78 is 12.3. The lowest BCUT2D eigenvalue weighted by atomic mass is 9.84. The Balaban J connectivity index is 2.84. The Bertz CT molecular complexity index is 508. The summed E-state index contributed by atoms with van der Waals surface area (Å²) in [6, 6.07) is 9.89. The number of aliphatic hydroxyl groups excluding tert-OH is 2. The third-order valence-corrected chi connectivity index (χ3v) is 9.78. The molecule has 144 valence electrons. The molecule has 1 rings (SSSR count). The van der Waals surface area contributed by atoms with E-state index in [4.69, 9.17) is 9.16 Å². The summed E-state index contributed by atoms with van der Waals surface area (Å²) in [4.78, 5) is 0. The maximum absolute atomic E-state index is 10.8. The first-order valence-corrected chi connectivity index (χ1v) is 11.9. The third kappa shape index (κ3) is 6.50. The number of aliphatic hydroxyl groups is 2. The molecule has 0 spiro atoms. The highest BCUT2D eigenvalue weighted by Gasteiger charge is 2.40. The average Bonchev–Trinajstić information content (AvgIpc) is 2.54. The molecule has 0 heterocycles. The van der Waals surface area contributed by atoms with E-state index in [9.17, 15) is 10.2 Å². The molecule has 4 nitrogen and oxygen atoms in total. The van der Waals surface area contributed by atoms with Crippen LogP contribution in [-0.2, 0) is 15.8 Å². The molecule has 5 heteroatoms. The van der Waals surface area contributed by atoms with Gasteiger partial charge in [-0.3, -0.25) is 0 Å². The second-order valence-electron chi connectivity index (χ2n) is 9.00. The largest absolute Gasteiger partial charge is 0.414 e. The number of hydrogen-bond acceptors (Lipinski definition) is 4. The molecule has 0 radical (unpaired) electrons. The highest BCUT2D eigenvalue weighted by molar-refractivity contribution is 6.74. The molecule has 0 aliphatic rings. The summed E-state index contributed by atoms with van der Waals surface area (Å²) in [6.45, 7) is 15.2. The van der Waals surface area contributed by atoms with Crippen molar-refractivity contribution in [2.45, 2.75) is 71.6 Å². The van der Waals surface area contributed by atoms with E-state index in [0.29, 0.717) is 13.2 Å². The van der Waals surface area contributed by atoms with E-state index in [1.807, 2.05) is 44.2 Å². The zero-order chi connectivity index (χ0) is 19.3. The minimum absolute atomic E-state index is 0.0917. The van der Waals surface area contributed by atoms with E-state index in [1.165, 1.54) is 0 Å². The van der Waals surface area contributed by atoms with Crippen molar-refractivity contribution >= 4 is 8.32 Å². The number of ether oxygens (including phenoxy) is 1. The maximum Gasteiger partial charge on any atom is 0.192 e. The second kappa shape index (κ2) is 8.78. The second-order valence-corrected chi connectivity index (χ2v) is 13.8. The van der Waals surface area contributed by atoms with E-state index in [2.05, 4.69) is 33.9 Å². The van der Waals surface area contributed by atoms with Gasteiger partial charge in [-0.25, -0.2) is 0 Å². The zero-order valence-corrected chi connectivity index (χ0v) is 17.9. The Kier molecular flexibility index (Phi) is 7.84. The van der Waals surface area contributed by atoms with Crippen molar-refractivity contribution < 1.29 is 19.4 Å². The first kappa shape index (κ1) is 22.3.